The molecule has 88 valence electrons. The van der Waals surface area contributed by atoms with Gasteiger partial charge in [0.25, 0.3) is 0 Å². The first-order chi connectivity index (χ1) is 7.76. The molecule has 0 spiro atoms. The monoisotopic (exact) mass is 221 g/mol. The quantitative estimate of drug-likeness (QED) is 0.749. The Morgan fingerprint density at radius 2 is 2.12 bits per heavy atom. The average Bonchev–Trinajstić information content (AvgIpc) is 2.35. The number of benzene rings is 1. The molecule has 16 heavy (non-hydrogen) atoms. The predicted octanol–water partition coefficient (Wildman–Crippen LogP) is 2.54. The van der Waals surface area contributed by atoms with Gasteiger partial charge in [-0.15, -0.1) is 6.58 Å². The molecule has 0 bridgehead atoms. The van der Waals surface area contributed by atoms with Crippen molar-refractivity contribution in [2.45, 2.75) is 13.0 Å². The lowest BCUT2D eigenvalue weighted by atomic mass is 10.1. The summed E-state index contributed by atoms with van der Waals surface area (Å²) in [4.78, 5) is 0. The minimum atomic E-state index is 0.0787. The molecule has 1 aromatic rings. The van der Waals surface area contributed by atoms with Crippen molar-refractivity contribution in [1.29, 1.82) is 0 Å². The van der Waals surface area contributed by atoms with Gasteiger partial charge in [0.15, 0.2) is 0 Å². The highest BCUT2D eigenvalue weighted by atomic mass is 16.5. The smallest absolute Gasteiger partial charge is 0.124 e. The molecule has 0 saturated carbocycles. The molecule has 1 rings (SSSR count). The number of likely N-dealkylation sites (N-methyl/N-ethyl adjacent to an activating group) is 1. The standard InChI is InChI=1S/C13H19NO2/c1-5-12(14-6-2)11-9-10(15-3)7-8-13(11)16-4/h5,7-9,12,14H,1,6H2,2-4H3. The lowest BCUT2D eigenvalue weighted by Crippen LogP contribution is -2.19. The van der Waals surface area contributed by atoms with Gasteiger partial charge < -0.3 is 14.8 Å². The van der Waals surface area contributed by atoms with Gasteiger partial charge in [-0.25, -0.2) is 0 Å². The van der Waals surface area contributed by atoms with Crippen LogP contribution in [0.1, 0.15) is 18.5 Å². The second-order valence-electron chi connectivity index (χ2n) is 3.38. The molecule has 1 N–H and O–H groups in total. The zero-order valence-electron chi connectivity index (χ0n) is 10.1. The highest BCUT2D eigenvalue weighted by molar-refractivity contribution is 5.43. The minimum Gasteiger partial charge on any atom is -0.497 e. The van der Waals surface area contributed by atoms with Gasteiger partial charge in [0.05, 0.1) is 20.3 Å². The van der Waals surface area contributed by atoms with Crippen LogP contribution < -0.4 is 14.8 Å². The van der Waals surface area contributed by atoms with E-state index in [1.54, 1.807) is 14.2 Å². The van der Waals surface area contributed by atoms with Crippen LogP contribution in [0.15, 0.2) is 30.9 Å². The second-order valence-corrected chi connectivity index (χ2v) is 3.38. The molecule has 0 aromatic heterocycles. The second kappa shape index (κ2) is 6.18. The van der Waals surface area contributed by atoms with Crippen LogP contribution in [0.5, 0.6) is 11.5 Å². The van der Waals surface area contributed by atoms with Crippen molar-refractivity contribution in [2.24, 2.45) is 0 Å². The van der Waals surface area contributed by atoms with Crippen LogP contribution in [0.4, 0.5) is 0 Å². The van der Waals surface area contributed by atoms with E-state index in [2.05, 4.69) is 18.8 Å². The van der Waals surface area contributed by atoms with Crippen molar-refractivity contribution >= 4 is 0 Å². The number of hydrogen-bond acceptors (Lipinski definition) is 3. The van der Waals surface area contributed by atoms with E-state index in [-0.39, 0.29) is 6.04 Å². The minimum absolute atomic E-state index is 0.0787. The van der Waals surface area contributed by atoms with E-state index in [1.807, 2.05) is 24.3 Å². The Balaban J connectivity index is 3.10. The van der Waals surface area contributed by atoms with Crippen LogP contribution in [0.25, 0.3) is 0 Å². The molecule has 0 aliphatic heterocycles. The molecule has 0 saturated heterocycles. The van der Waals surface area contributed by atoms with Crippen molar-refractivity contribution in [3.63, 3.8) is 0 Å². The summed E-state index contributed by atoms with van der Waals surface area (Å²) >= 11 is 0. The van der Waals surface area contributed by atoms with Gasteiger partial charge in [-0.05, 0) is 24.7 Å². The third kappa shape index (κ3) is 2.76. The number of hydrogen-bond donors (Lipinski definition) is 1. The highest BCUT2D eigenvalue weighted by Gasteiger charge is 2.12. The van der Waals surface area contributed by atoms with Crippen LogP contribution >= 0.6 is 0 Å². The fourth-order valence-electron chi connectivity index (χ4n) is 1.62. The van der Waals surface area contributed by atoms with Gasteiger partial charge >= 0.3 is 0 Å². The Morgan fingerprint density at radius 1 is 1.38 bits per heavy atom. The third-order valence-electron chi connectivity index (χ3n) is 2.43. The van der Waals surface area contributed by atoms with Gasteiger partial charge in [-0.1, -0.05) is 13.0 Å². The Labute approximate surface area is 97.1 Å². The van der Waals surface area contributed by atoms with Crippen LogP contribution in [0.2, 0.25) is 0 Å². The first kappa shape index (κ1) is 12.6. The molecule has 0 aliphatic carbocycles. The molecule has 0 fully saturated rings. The van der Waals surface area contributed by atoms with E-state index >= 15 is 0 Å². The zero-order chi connectivity index (χ0) is 12.0. The molecule has 3 nitrogen and oxygen atoms in total. The summed E-state index contributed by atoms with van der Waals surface area (Å²) in [5.41, 5.74) is 1.04. The van der Waals surface area contributed by atoms with Crippen molar-refractivity contribution in [1.82, 2.24) is 5.32 Å². The molecule has 1 atom stereocenters. The van der Waals surface area contributed by atoms with Gasteiger partial charge in [-0.2, -0.15) is 0 Å². The normalized spacial score (nSPS) is 11.9. The van der Waals surface area contributed by atoms with Crippen LogP contribution in [-0.2, 0) is 0 Å². The molecular formula is C13H19NO2. The van der Waals surface area contributed by atoms with E-state index in [4.69, 9.17) is 9.47 Å². The number of ether oxygens (including phenoxy) is 2. The van der Waals surface area contributed by atoms with Gasteiger partial charge in [-0.3, -0.25) is 0 Å². The molecule has 0 amide bonds. The Morgan fingerprint density at radius 3 is 2.62 bits per heavy atom. The SMILES string of the molecule is C=CC(NCC)c1cc(OC)ccc1OC. The maximum atomic E-state index is 5.33. The van der Waals surface area contributed by atoms with Crippen LogP contribution in [0, 0.1) is 0 Å². The summed E-state index contributed by atoms with van der Waals surface area (Å²) in [7, 11) is 3.32. The van der Waals surface area contributed by atoms with Gasteiger partial charge in [0.2, 0.25) is 0 Å². The predicted molar refractivity (Wildman–Crippen MR) is 66.2 cm³/mol. The number of nitrogens with one attached hydrogen (secondary N) is 1. The first-order valence-corrected chi connectivity index (χ1v) is 5.34. The summed E-state index contributed by atoms with van der Waals surface area (Å²) in [6, 6.07) is 5.83. The maximum absolute atomic E-state index is 5.33. The van der Waals surface area contributed by atoms with Gasteiger partial charge in [0, 0.05) is 5.56 Å². The average molecular weight is 221 g/mol. The highest BCUT2D eigenvalue weighted by Crippen LogP contribution is 2.29. The van der Waals surface area contributed by atoms with E-state index in [9.17, 15) is 0 Å². The Hall–Kier alpha value is -1.48. The molecule has 0 radical (unpaired) electrons. The molecule has 3 heteroatoms. The van der Waals surface area contributed by atoms with Crippen LogP contribution in [0.3, 0.4) is 0 Å². The number of methoxy groups -OCH3 is 2. The topological polar surface area (TPSA) is 30.5 Å². The summed E-state index contributed by atoms with van der Waals surface area (Å²) in [6.07, 6.45) is 1.86. The van der Waals surface area contributed by atoms with E-state index in [0.717, 1.165) is 23.6 Å². The third-order valence-corrected chi connectivity index (χ3v) is 2.43. The maximum Gasteiger partial charge on any atom is 0.124 e. The van der Waals surface area contributed by atoms with Gasteiger partial charge in [0.1, 0.15) is 11.5 Å². The van der Waals surface area contributed by atoms with E-state index < -0.39 is 0 Å². The fraction of sp³-hybridized carbons (Fsp3) is 0.385. The summed E-state index contributed by atoms with van der Waals surface area (Å²) in [6.45, 7) is 6.76. The first-order valence-electron chi connectivity index (χ1n) is 5.34. The van der Waals surface area contributed by atoms with E-state index in [1.165, 1.54) is 0 Å². The molecule has 0 heterocycles. The van der Waals surface area contributed by atoms with Crippen molar-refractivity contribution in [3.8, 4) is 11.5 Å². The van der Waals surface area contributed by atoms with E-state index in [0.29, 0.717) is 0 Å². The Kier molecular flexibility index (Phi) is 4.86. The summed E-state index contributed by atoms with van der Waals surface area (Å²) in [5.74, 6) is 1.66. The summed E-state index contributed by atoms with van der Waals surface area (Å²) < 4.78 is 10.5. The molecule has 1 aromatic carbocycles. The molecular weight excluding hydrogens is 202 g/mol. The largest absolute Gasteiger partial charge is 0.497 e. The lowest BCUT2D eigenvalue weighted by molar-refractivity contribution is 0.395. The van der Waals surface area contributed by atoms with Crippen molar-refractivity contribution in [2.75, 3.05) is 20.8 Å². The lowest BCUT2D eigenvalue weighted by Gasteiger charge is -2.18. The summed E-state index contributed by atoms with van der Waals surface area (Å²) in [5, 5.41) is 3.32. The Bertz CT molecular complexity index is 350. The molecule has 0 aliphatic rings. The van der Waals surface area contributed by atoms with Crippen molar-refractivity contribution in [3.05, 3.63) is 36.4 Å². The zero-order valence-corrected chi connectivity index (χ0v) is 10.1. The van der Waals surface area contributed by atoms with Crippen molar-refractivity contribution < 1.29 is 9.47 Å². The molecule has 1 unspecified atom stereocenters. The fourth-order valence-corrected chi connectivity index (χ4v) is 1.62. The van der Waals surface area contributed by atoms with Crippen LogP contribution in [-0.4, -0.2) is 20.8 Å². The number of rotatable bonds is 6.